The highest BCUT2D eigenvalue weighted by atomic mass is 16.5. The van der Waals surface area contributed by atoms with Gasteiger partial charge in [0, 0.05) is 20.2 Å². The van der Waals surface area contributed by atoms with Gasteiger partial charge in [-0.05, 0) is 12.3 Å². The van der Waals surface area contributed by atoms with E-state index in [0.29, 0.717) is 18.6 Å². The molecule has 1 rings (SSSR count). The van der Waals surface area contributed by atoms with E-state index in [0.717, 1.165) is 17.9 Å². The molecule has 0 spiro atoms. The third kappa shape index (κ3) is 3.23. The van der Waals surface area contributed by atoms with Crippen LogP contribution in [0.25, 0.3) is 0 Å². The third-order valence-corrected chi connectivity index (χ3v) is 2.78. The first-order valence-corrected chi connectivity index (χ1v) is 5.86. The Labute approximate surface area is 98.0 Å². The molecule has 4 nitrogen and oxygen atoms in total. The monoisotopic (exact) mass is 225 g/mol. The molecule has 0 aliphatic rings. The Balaban J connectivity index is 2.72. The van der Waals surface area contributed by atoms with Gasteiger partial charge in [0.2, 0.25) is 0 Å². The van der Waals surface area contributed by atoms with Gasteiger partial charge < -0.3 is 10.1 Å². The molecule has 0 saturated heterocycles. The van der Waals surface area contributed by atoms with Crippen LogP contribution in [0.4, 0.5) is 5.82 Å². The van der Waals surface area contributed by atoms with Crippen LogP contribution in [0.5, 0.6) is 0 Å². The minimum Gasteiger partial charge on any atom is -0.383 e. The Kier molecular flexibility index (Phi) is 4.80. The first kappa shape index (κ1) is 13.0. The first-order valence-electron chi connectivity index (χ1n) is 5.86. The zero-order valence-electron chi connectivity index (χ0n) is 10.9. The second-order valence-corrected chi connectivity index (χ2v) is 4.45. The Morgan fingerprint density at radius 1 is 1.50 bits per heavy atom. The van der Waals surface area contributed by atoms with E-state index >= 15 is 0 Å². The lowest BCUT2D eigenvalue weighted by Gasteiger charge is -2.22. The van der Waals surface area contributed by atoms with E-state index in [1.54, 1.807) is 7.11 Å². The molecule has 0 saturated carbocycles. The molecule has 1 N–H and O–H groups in total. The SMILES string of the molecule is CCc1cc(NC(COC)C(C)C)n(C)n1. The quantitative estimate of drug-likeness (QED) is 0.805. The molecular weight excluding hydrogens is 202 g/mol. The van der Waals surface area contributed by atoms with E-state index in [9.17, 15) is 0 Å². The number of nitrogens with one attached hydrogen (secondary N) is 1. The highest BCUT2D eigenvalue weighted by molar-refractivity contribution is 5.38. The number of ether oxygens (including phenoxy) is 1. The Morgan fingerprint density at radius 3 is 2.62 bits per heavy atom. The Morgan fingerprint density at radius 2 is 2.19 bits per heavy atom. The molecular formula is C12H23N3O. The number of hydrogen-bond donors (Lipinski definition) is 1. The molecule has 1 aromatic rings. The first-order chi connectivity index (χ1) is 7.58. The van der Waals surface area contributed by atoms with Crippen LogP contribution in [0.15, 0.2) is 6.07 Å². The molecule has 4 heteroatoms. The standard InChI is InChI=1S/C12H23N3O/c1-6-10-7-12(15(4)14-10)13-11(8-16-5)9(2)3/h7,9,11,13H,6,8H2,1-5H3. The van der Waals surface area contributed by atoms with Gasteiger partial charge in [-0.2, -0.15) is 5.10 Å². The summed E-state index contributed by atoms with van der Waals surface area (Å²) in [5.41, 5.74) is 1.12. The van der Waals surface area contributed by atoms with Crippen molar-refractivity contribution in [3.8, 4) is 0 Å². The number of anilines is 1. The lowest BCUT2D eigenvalue weighted by molar-refractivity contribution is 0.171. The Bertz CT molecular complexity index is 320. The van der Waals surface area contributed by atoms with Crippen LogP contribution in [0.3, 0.4) is 0 Å². The van der Waals surface area contributed by atoms with Crippen LogP contribution >= 0.6 is 0 Å². The number of aryl methyl sites for hydroxylation is 2. The molecule has 92 valence electrons. The fourth-order valence-electron chi connectivity index (χ4n) is 1.60. The van der Waals surface area contributed by atoms with Crippen LogP contribution in [0.1, 0.15) is 26.5 Å². The summed E-state index contributed by atoms with van der Waals surface area (Å²) in [6, 6.07) is 2.43. The van der Waals surface area contributed by atoms with Crippen LogP contribution in [0.2, 0.25) is 0 Å². The van der Waals surface area contributed by atoms with Crippen molar-refractivity contribution < 1.29 is 4.74 Å². The van der Waals surface area contributed by atoms with Crippen LogP contribution < -0.4 is 5.32 Å². The molecule has 1 atom stereocenters. The maximum atomic E-state index is 5.22. The molecule has 0 fully saturated rings. The summed E-state index contributed by atoms with van der Waals surface area (Å²) in [6.07, 6.45) is 0.964. The van der Waals surface area contributed by atoms with Gasteiger partial charge >= 0.3 is 0 Å². The minimum atomic E-state index is 0.324. The van der Waals surface area contributed by atoms with E-state index in [2.05, 4.69) is 37.3 Å². The molecule has 0 bridgehead atoms. The molecule has 0 radical (unpaired) electrons. The molecule has 0 aliphatic carbocycles. The highest BCUT2D eigenvalue weighted by Crippen LogP contribution is 2.14. The lowest BCUT2D eigenvalue weighted by atomic mass is 10.1. The number of aromatic nitrogens is 2. The summed E-state index contributed by atoms with van der Waals surface area (Å²) in [7, 11) is 3.70. The summed E-state index contributed by atoms with van der Waals surface area (Å²) in [5.74, 6) is 1.59. The number of hydrogen-bond acceptors (Lipinski definition) is 3. The summed E-state index contributed by atoms with van der Waals surface area (Å²) < 4.78 is 7.11. The van der Waals surface area contributed by atoms with Crippen molar-refractivity contribution in [1.82, 2.24) is 9.78 Å². The van der Waals surface area contributed by atoms with Gasteiger partial charge in [0.15, 0.2) is 0 Å². The molecule has 1 unspecified atom stereocenters. The summed E-state index contributed by atoms with van der Waals surface area (Å²) in [5, 5.41) is 7.89. The van der Waals surface area contributed by atoms with E-state index in [1.807, 2.05) is 11.7 Å². The largest absolute Gasteiger partial charge is 0.383 e. The van der Waals surface area contributed by atoms with Crippen LogP contribution in [-0.2, 0) is 18.2 Å². The van der Waals surface area contributed by atoms with E-state index in [1.165, 1.54) is 0 Å². The van der Waals surface area contributed by atoms with E-state index < -0.39 is 0 Å². The van der Waals surface area contributed by atoms with Crippen molar-refractivity contribution in [3.05, 3.63) is 11.8 Å². The van der Waals surface area contributed by atoms with Gasteiger partial charge in [0.25, 0.3) is 0 Å². The van der Waals surface area contributed by atoms with Crippen molar-refractivity contribution in [3.63, 3.8) is 0 Å². The second-order valence-electron chi connectivity index (χ2n) is 4.45. The highest BCUT2D eigenvalue weighted by Gasteiger charge is 2.15. The second kappa shape index (κ2) is 5.89. The predicted octanol–water partition coefficient (Wildman–Crippen LogP) is 2.07. The van der Waals surface area contributed by atoms with E-state index in [-0.39, 0.29) is 0 Å². The van der Waals surface area contributed by atoms with Gasteiger partial charge in [-0.15, -0.1) is 0 Å². The number of nitrogens with zero attached hydrogens (tertiary/aromatic N) is 2. The molecule has 0 aliphatic heterocycles. The summed E-state index contributed by atoms with van der Waals surface area (Å²) >= 11 is 0. The van der Waals surface area contributed by atoms with Crippen molar-refractivity contribution in [1.29, 1.82) is 0 Å². The number of rotatable bonds is 6. The lowest BCUT2D eigenvalue weighted by Crippen LogP contribution is -2.31. The summed E-state index contributed by atoms with van der Waals surface area (Å²) in [4.78, 5) is 0. The predicted molar refractivity (Wildman–Crippen MR) is 66.7 cm³/mol. The van der Waals surface area contributed by atoms with Gasteiger partial charge in [-0.25, -0.2) is 0 Å². The number of methoxy groups -OCH3 is 1. The molecule has 1 heterocycles. The van der Waals surface area contributed by atoms with Gasteiger partial charge in [-0.1, -0.05) is 20.8 Å². The van der Waals surface area contributed by atoms with Crippen molar-refractivity contribution in [2.45, 2.75) is 33.2 Å². The van der Waals surface area contributed by atoms with Crippen LogP contribution in [0, 0.1) is 5.92 Å². The maximum absolute atomic E-state index is 5.22. The van der Waals surface area contributed by atoms with Crippen molar-refractivity contribution in [2.24, 2.45) is 13.0 Å². The zero-order valence-corrected chi connectivity index (χ0v) is 10.9. The molecule has 1 aromatic heterocycles. The fraction of sp³-hybridized carbons (Fsp3) is 0.750. The topological polar surface area (TPSA) is 39.1 Å². The molecule has 0 amide bonds. The van der Waals surface area contributed by atoms with Gasteiger partial charge in [0.05, 0.1) is 18.3 Å². The summed E-state index contributed by atoms with van der Waals surface area (Å²) in [6.45, 7) is 7.20. The van der Waals surface area contributed by atoms with E-state index in [4.69, 9.17) is 4.74 Å². The maximum Gasteiger partial charge on any atom is 0.124 e. The third-order valence-electron chi connectivity index (χ3n) is 2.78. The van der Waals surface area contributed by atoms with Gasteiger partial charge in [0.1, 0.15) is 5.82 Å². The zero-order chi connectivity index (χ0) is 12.1. The normalized spacial score (nSPS) is 13.1. The average molecular weight is 225 g/mol. The average Bonchev–Trinajstić information content (AvgIpc) is 2.59. The van der Waals surface area contributed by atoms with Crippen molar-refractivity contribution >= 4 is 5.82 Å². The van der Waals surface area contributed by atoms with Crippen molar-refractivity contribution in [2.75, 3.05) is 19.0 Å². The Hall–Kier alpha value is -1.03. The van der Waals surface area contributed by atoms with Crippen LogP contribution in [-0.4, -0.2) is 29.5 Å². The molecule has 0 aromatic carbocycles. The smallest absolute Gasteiger partial charge is 0.124 e. The minimum absolute atomic E-state index is 0.324. The van der Waals surface area contributed by atoms with Gasteiger partial charge in [-0.3, -0.25) is 4.68 Å². The fourth-order valence-corrected chi connectivity index (χ4v) is 1.60. The molecule has 16 heavy (non-hydrogen) atoms.